The molecule has 0 radical (unpaired) electrons. The molecule has 2 aliphatic rings. The van der Waals surface area contributed by atoms with Gasteiger partial charge in [-0.05, 0) is 70.3 Å². The fraction of sp³-hybridized carbons (Fsp3) is 0.348. The van der Waals surface area contributed by atoms with Gasteiger partial charge in [0.25, 0.3) is 11.1 Å². The molecule has 4 rings (SSSR count). The van der Waals surface area contributed by atoms with Crippen molar-refractivity contribution in [2.45, 2.75) is 51.4 Å². The fourth-order valence-corrected chi connectivity index (χ4v) is 4.66. The number of amides is 2. The summed E-state index contributed by atoms with van der Waals surface area (Å²) in [6.07, 6.45) is 5.81. The van der Waals surface area contributed by atoms with E-state index in [1.54, 1.807) is 12.3 Å². The van der Waals surface area contributed by atoms with Crippen molar-refractivity contribution in [2.24, 2.45) is 0 Å². The quantitative estimate of drug-likeness (QED) is 0.693. The number of pyridine rings is 1. The number of thioether (sulfide) groups is 1. The van der Waals surface area contributed by atoms with Gasteiger partial charge in [0.15, 0.2) is 0 Å². The first-order valence-electron chi connectivity index (χ1n) is 9.52. The summed E-state index contributed by atoms with van der Waals surface area (Å²) in [6.45, 7) is 9.28. The summed E-state index contributed by atoms with van der Waals surface area (Å²) in [7, 11) is 0. The first-order valence-corrected chi connectivity index (χ1v) is 10.3. The molecule has 1 aromatic carbocycles. The molecule has 144 valence electrons. The molecule has 0 spiro atoms. The fourth-order valence-electron chi connectivity index (χ4n) is 3.98. The van der Waals surface area contributed by atoms with E-state index in [4.69, 9.17) is 0 Å². The van der Waals surface area contributed by atoms with Gasteiger partial charge in [-0.15, -0.1) is 0 Å². The lowest BCUT2D eigenvalue weighted by molar-refractivity contribution is -0.115. The Bertz CT molecular complexity index is 1000. The van der Waals surface area contributed by atoms with Gasteiger partial charge in [0.1, 0.15) is 0 Å². The third kappa shape index (κ3) is 3.39. The Morgan fingerprint density at radius 3 is 2.32 bits per heavy atom. The second-order valence-electron chi connectivity index (χ2n) is 8.86. The lowest BCUT2D eigenvalue weighted by Crippen LogP contribution is -2.33. The van der Waals surface area contributed by atoms with Crippen LogP contribution >= 0.6 is 11.8 Å². The molecule has 0 unspecified atom stereocenters. The minimum atomic E-state index is -0.349. The van der Waals surface area contributed by atoms with Crippen LogP contribution in [-0.4, -0.2) is 16.1 Å². The summed E-state index contributed by atoms with van der Waals surface area (Å²) >= 11 is 0.918. The molecule has 2 heterocycles. The van der Waals surface area contributed by atoms with Crippen molar-refractivity contribution >= 4 is 29.0 Å². The normalized spacial score (nSPS) is 21.5. The number of hydrogen-bond acceptors (Lipinski definition) is 4. The highest BCUT2D eigenvalue weighted by Gasteiger charge is 2.37. The van der Waals surface area contributed by atoms with Gasteiger partial charge in [-0.2, -0.15) is 0 Å². The number of benzene rings is 1. The Kier molecular flexibility index (Phi) is 4.46. The third-order valence-electron chi connectivity index (χ3n) is 5.87. The molecule has 2 aromatic rings. The van der Waals surface area contributed by atoms with E-state index in [0.29, 0.717) is 4.91 Å². The number of imide groups is 1. The molecule has 0 atom stereocenters. The van der Waals surface area contributed by atoms with E-state index in [0.717, 1.165) is 28.6 Å². The zero-order chi connectivity index (χ0) is 20.1. The Morgan fingerprint density at radius 2 is 1.71 bits per heavy atom. The molecular formula is C23H24N2O2S. The number of nitrogens with zero attached hydrogens (tertiary/aromatic N) is 1. The Morgan fingerprint density at radius 1 is 1.00 bits per heavy atom. The molecule has 2 amide bonds. The van der Waals surface area contributed by atoms with E-state index in [1.807, 2.05) is 12.1 Å². The molecule has 1 aliphatic carbocycles. The zero-order valence-corrected chi connectivity index (χ0v) is 17.4. The van der Waals surface area contributed by atoms with Crippen LogP contribution in [0.4, 0.5) is 4.79 Å². The van der Waals surface area contributed by atoms with Crippen LogP contribution in [0.1, 0.15) is 57.2 Å². The molecule has 0 saturated carbocycles. The average Bonchev–Trinajstić information content (AvgIpc) is 2.96. The second kappa shape index (κ2) is 6.59. The monoisotopic (exact) mass is 392 g/mol. The molecule has 4 nitrogen and oxygen atoms in total. The largest absolute Gasteiger partial charge is 0.290 e. The van der Waals surface area contributed by atoms with Gasteiger partial charge in [-0.3, -0.25) is 19.9 Å². The second-order valence-corrected chi connectivity index (χ2v) is 9.87. The summed E-state index contributed by atoms with van der Waals surface area (Å²) in [4.78, 5) is 28.0. The average molecular weight is 393 g/mol. The highest BCUT2D eigenvalue weighted by Crippen LogP contribution is 2.46. The van der Waals surface area contributed by atoms with Crippen molar-refractivity contribution in [2.75, 3.05) is 0 Å². The van der Waals surface area contributed by atoms with E-state index >= 15 is 0 Å². The Balaban J connectivity index is 1.66. The van der Waals surface area contributed by atoms with Gasteiger partial charge in [0.05, 0.1) is 10.6 Å². The summed E-state index contributed by atoms with van der Waals surface area (Å²) in [5, 5.41) is 1.93. The Hall–Kier alpha value is -2.40. The summed E-state index contributed by atoms with van der Waals surface area (Å²) < 4.78 is 0. The molecular weight excluding hydrogens is 368 g/mol. The minimum Gasteiger partial charge on any atom is -0.282 e. The van der Waals surface area contributed by atoms with Gasteiger partial charge in [-0.1, -0.05) is 45.9 Å². The van der Waals surface area contributed by atoms with Gasteiger partial charge in [0.2, 0.25) is 0 Å². The number of aromatic nitrogens is 1. The lowest BCUT2D eigenvalue weighted by Gasteiger charge is -2.42. The van der Waals surface area contributed by atoms with E-state index in [-0.39, 0.29) is 22.0 Å². The first kappa shape index (κ1) is 18.9. The number of hydrogen-bond donors (Lipinski definition) is 1. The van der Waals surface area contributed by atoms with Crippen molar-refractivity contribution in [1.82, 2.24) is 10.3 Å². The molecule has 5 heteroatoms. The minimum absolute atomic E-state index is 0.158. The highest BCUT2D eigenvalue weighted by molar-refractivity contribution is 8.18. The first-order chi connectivity index (χ1) is 13.2. The van der Waals surface area contributed by atoms with Crippen LogP contribution in [0.2, 0.25) is 0 Å². The SMILES string of the molecule is CC1(C)CCC(C)(C)c2cc(-c3ccc(/C=C4\SC(=O)NC4=O)cn3)ccc21. The van der Waals surface area contributed by atoms with E-state index in [9.17, 15) is 9.59 Å². The summed E-state index contributed by atoms with van der Waals surface area (Å²) in [5.41, 5.74) is 6.01. The lowest BCUT2D eigenvalue weighted by atomic mass is 9.63. The van der Waals surface area contributed by atoms with Crippen molar-refractivity contribution in [3.63, 3.8) is 0 Å². The molecule has 1 N–H and O–H groups in total. The topological polar surface area (TPSA) is 59.1 Å². The van der Waals surface area contributed by atoms with E-state index < -0.39 is 0 Å². The van der Waals surface area contributed by atoms with Crippen molar-refractivity contribution in [1.29, 1.82) is 0 Å². The van der Waals surface area contributed by atoms with Crippen LogP contribution in [0.3, 0.4) is 0 Å². The van der Waals surface area contributed by atoms with E-state index in [1.165, 1.54) is 24.0 Å². The maximum absolute atomic E-state index is 11.7. The standard InChI is InChI=1S/C23H24N2O2S/c1-22(2)9-10-23(3,4)17-12-15(6-7-16(17)22)18-8-5-14(13-24-18)11-19-20(26)25-21(27)28-19/h5-8,11-13H,9-10H2,1-4H3,(H,25,26,27)/b19-11-. The number of fused-ring (bicyclic) bond motifs is 1. The molecule has 0 bridgehead atoms. The smallest absolute Gasteiger partial charge is 0.282 e. The molecule has 1 aromatic heterocycles. The highest BCUT2D eigenvalue weighted by atomic mass is 32.2. The summed E-state index contributed by atoms with van der Waals surface area (Å²) in [6, 6.07) is 10.6. The van der Waals surface area contributed by atoms with Gasteiger partial charge < -0.3 is 0 Å². The predicted molar refractivity (Wildman–Crippen MR) is 114 cm³/mol. The van der Waals surface area contributed by atoms with Gasteiger partial charge in [-0.25, -0.2) is 0 Å². The molecule has 28 heavy (non-hydrogen) atoms. The maximum atomic E-state index is 11.7. The summed E-state index contributed by atoms with van der Waals surface area (Å²) in [5.74, 6) is -0.349. The maximum Gasteiger partial charge on any atom is 0.290 e. The van der Waals surface area contributed by atoms with Crippen molar-refractivity contribution < 1.29 is 9.59 Å². The predicted octanol–water partition coefficient (Wildman–Crippen LogP) is 5.42. The van der Waals surface area contributed by atoms with Crippen molar-refractivity contribution in [3.8, 4) is 11.3 Å². The zero-order valence-electron chi connectivity index (χ0n) is 16.6. The van der Waals surface area contributed by atoms with Crippen LogP contribution < -0.4 is 5.32 Å². The van der Waals surface area contributed by atoms with Gasteiger partial charge in [0, 0.05) is 11.8 Å². The van der Waals surface area contributed by atoms with Crippen LogP contribution in [0.5, 0.6) is 0 Å². The number of carbonyl (C=O) groups is 2. The van der Waals surface area contributed by atoms with Crippen LogP contribution in [0, 0.1) is 0 Å². The number of rotatable bonds is 2. The van der Waals surface area contributed by atoms with Crippen LogP contribution in [-0.2, 0) is 15.6 Å². The number of carbonyl (C=O) groups excluding carboxylic acids is 2. The van der Waals surface area contributed by atoms with Crippen molar-refractivity contribution in [3.05, 3.63) is 58.1 Å². The third-order valence-corrected chi connectivity index (χ3v) is 6.69. The molecule has 1 saturated heterocycles. The number of nitrogens with one attached hydrogen (secondary N) is 1. The molecule has 1 fully saturated rings. The Labute approximate surface area is 169 Å². The van der Waals surface area contributed by atoms with Crippen LogP contribution in [0.15, 0.2) is 41.4 Å². The van der Waals surface area contributed by atoms with Gasteiger partial charge >= 0.3 is 0 Å². The van der Waals surface area contributed by atoms with E-state index in [2.05, 4.69) is 56.2 Å². The molecule has 1 aliphatic heterocycles. The van der Waals surface area contributed by atoms with Crippen LogP contribution in [0.25, 0.3) is 17.3 Å².